The minimum atomic E-state index is -1.44. The highest BCUT2D eigenvalue weighted by molar-refractivity contribution is 6.15. The van der Waals surface area contributed by atoms with Crippen molar-refractivity contribution >= 4 is 17.5 Å². The van der Waals surface area contributed by atoms with Gasteiger partial charge in [0, 0.05) is 18.9 Å². The molecule has 2 rings (SSSR count). The van der Waals surface area contributed by atoms with Crippen LogP contribution < -0.4 is 5.32 Å². The molecule has 0 aliphatic rings. The number of amides is 1. The standard InChI is InChI=1S/C17H15N3O3/c1-23-11-12-5-4-6-13(9-12)16(21)14(10-18)17(22)20-15-7-2-3-8-19-15/h2-9,14H,11H2,1H3,(H,19,20,22)/t14-/m0/s1. The zero-order valence-corrected chi connectivity index (χ0v) is 12.5. The van der Waals surface area contributed by atoms with Crippen LogP contribution in [0.15, 0.2) is 48.7 Å². The molecule has 116 valence electrons. The maximum absolute atomic E-state index is 12.4. The van der Waals surface area contributed by atoms with Crippen LogP contribution in [-0.2, 0) is 16.1 Å². The van der Waals surface area contributed by atoms with Gasteiger partial charge in [0.25, 0.3) is 5.91 Å². The van der Waals surface area contributed by atoms with Gasteiger partial charge in [-0.3, -0.25) is 9.59 Å². The molecule has 0 aliphatic carbocycles. The van der Waals surface area contributed by atoms with Crippen molar-refractivity contribution in [3.63, 3.8) is 0 Å². The fraction of sp³-hybridized carbons (Fsp3) is 0.176. The number of pyridine rings is 1. The van der Waals surface area contributed by atoms with Gasteiger partial charge in [-0.25, -0.2) is 4.98 Å². The number of anilines is 1. The highest BCUT2D eigenvalue weighted by Gasteiger charge is 2.28. The Morgan fingerprint density at radius 2 is 2.13 bits per heavy atom. The van der Waals surface area contributed by atoms with Crippen LogP contribution in [0.5, 0.6) is 0 Å². The fourth-order valence-corrected chi connectivity index (χ4v) is 2.02. The summed E-state index contributed by atoms with van der Waals surface area (Å²) in [5.74, 6) is -2.40. The van der Waals surface area contributed by atoms with E-state index in [1.165, 1.54) is 6.20 Å². The largest absolute Gasteiger partial charge is 0.380 e. The van der Waals surface area contributed by atoms with E-state index in [0.29, 0.717) is 18.0 Å². The second kappa shape index (κ2) is 7.82. The zero-order valence-electron chi connectivity index (χ0n) is 12.5. The van der Waals surface area contributed by atoms with Crippen molar-refractivity contribution in [3.8, 4) is 6.07 Å². The number of Topliss-reactive ketones (excluding diaryl/α,β-unsaturated/α-hetero) is 1. The Balaban J connectivity index is 2.16. The van der Waals surface area contributed by atoms with Crippen molar-refractivity contribution in [2.24, 2.45) is 5.92 Å². The van der Waals surface area contributed by atoms with Crippen molar-refractivity contribution in [2.75, 3.05) is 12.4 Å². The summed E-state index contributed by atoms with van der Waals surface area (Å²) in [5.41, 5.74) is 1.09. The van der Waals surface area contributed by atoms with Crippen LogP contribution in [0.25, 0.3) is 0 Å². The van der Waals surface area contributed by atoms with Crippen molar-refractivity contribution in [3.05, 3.63) is 59.8 Å². The first-order chi connectivity index (χ1) is 11.2. The molecule has 0 saturated heterocycles. The Labute approximate surface area is 133 Å². The second-order valence-electron chi connectivity index (χ2n) is 4.76. The lowest BCUT2D eigenvalue weighted by Gasteiger charge is -2.10. The number of nitrogens with one attached hydrogen (secondary N) is 1. The van der Waals surface area contributed by atoms with Gasteiger partial charge < -0.3 is 10.1 Å². The van der Waals surface area contributed by atoms with Crippen molar-refractivity contribution < 1.29 is 14.3 Å². The number of ketones is 1. The van der Waals surface area contributed by atoms with E-state index in [-0.39, 0.29) is 0 Å². The van der Waals surface area contributed by atoms with Crippen molar-refractivity contribution in [2.45, 2.75) is 6.61 Å². The Morgan fingerprint density at radius 1 is 1.30 bits per heavy atom. The number of aromatic nitrogens is 1. The lowest BCUT2D eigenvalue weighted by molar-refractivity contribution is -0.117. The molecule has 6 heteroatoms. The average molecular weight is 309 g/mol. The molecule has 0 radical (unpaired) electrons. The van der Waals surface area contributed by atoms with Gasteiger partial charge in [-0.2, -0.15) is 5.26 Å². The number of nitrogens with zero attached hydrogens (tertiary/aromatic N) is 2. The summed E-state index contributed by atoms with van der Waals surface area (Å²) >= 11 is 0. The highest BCUT2D eigenvalue weighted by Crippen LogP contribution is 2.14. The van der Waals surface area contributed by atoms with Crippen molar-refractivity contribution in [1.82, 2.24) is 4.98 Å². The number of hydrogen-bond acceptors (Lipinski definition) is 5. The predicted octanol–water partition coefficient (Wildman–Crippen LogP) is 2.19. The zero-order chi connectivity index (χ0) is 16.7. The van der Waals surface area contributed by atoms with Gasteiger partial charge in [-0.1, -0.05) is 24.3 Å². The maximum Gasteiger partial charge on any atom is 0.250 e. The van der Waals surface area contributed by atoms with E-state index in [9.17, 15) is 14.9 Å². The quantitative estimate of drug-likeness (QED) is 0.652. The molecule has 0 saturated carbocycles. The van der Waals surface area contributed by atoms with Gasteiger partial charge in [-0.15, -0.1) is 0 Å². The van der Waals surface area contributed by atoms with Crippen LogP contribution in [0.3, 0.4) is 0 Å². The second-order valence-corrected chi connectivity index (χ2v) is 4.76. The molecular weight excluding hydrogens is 294 g/mol. The van der Waals surface area contributed by atoms with E-state index in [0.717, 1.165) is 5.56 Å². The molecule has 0 fully saturated rings. The van der Waals surface area contributed by atoms with E-state index in [2.05, 4.69) is 10.3 Å². The molecule has 1 aromatic carbocycles. The fourth-order valence-electron chi connectivity index (χ4n) is 2.02. The molecule has 0 spiro atoms. The number of rotatable bonds is 6. The summed E-state index contributed by atoms with van der Waals surface area (Å²) in [5, 5.41) is 11.7. The highest BCUT2D eigenvalue weighted by atomic mass is 16.5. The molecule has 1 aromatic heterocycles. The Morgan fingerprint density at radius 3 is 2.78 bits per heavy atom. The molecular formula is C17H15N3O3. The molecule has 6 nitrogen and oxygen atoms in total. The molecule has 0 bridgehead atoms. The molecule has 1 atom stereocenters. The van der Waals surface area contributed by atoms with Gasteiger partial charge in [0.05, 0.1) is 12.7 Å². The first kappa shape index (κ1) is 16.3. The van der Waals surface area contributed by atoms with Crippen LogP contribution in [0.4, 0.5) is 5.82 Å². The van der Waals surface area contributed by atoms with Gasteiger partial charge >= 0.3 is 0 Å². The summed E-state index contributed by atoms with van der Waals surface area (Å²) in [4.78, 5) is 28.5. The van der Waals surface area contributed by atoms with Crippen molar-refractivity contribution in [1.29, 1.82) is 5.26 Å². The Hall–Kier alpha value is -3.04. The lowest BCUT2D eigenvalue weighted by Crippen LogP contribution is -2.29. The predicted molar refractivity (Wildman–Crippen MR) is 83.5 cm³/mol. The van der Waals surface area contributed by atoms with Crippen LogP contribution in [0.2, 0.25) is 0 Å². The minimum Gasteiger partial charge on any atom is -0.380 e. The molecule has 0 unspecified atom stereocenters. The monoisotopic (exact) mass is 309 g/mol. The maximum atomic E-state index is 12.4. The number of nitriles is 1. The molecule has 23 heavy (non-hydrogen) atoms. The summed E-state index contributed by atoms with van der Waals surface area (Å²) in [6.07, 6.45) is 1.51. The summed E-state index contributed by atoms with van der Waals surface area (Å²) < 4.78 is 5.01. The number of ether oxygens (including phenoxy) is 1. The van der Waals surface area contributed by atoms with Gasteiger partial charge in [0.1, 0.15) is 5.82 Å². The normalized spacial score (nSPS) is 11.3. The summed E-state index contributed by atoms with van der Waals surface area (Å²) in [6.45, 7) is 0.346. The van der Waals surface area contributed by atoms with E-state index in [1.54, 1.807) is 55.6 Å². The van der Waals surface area contributed by atoms with Gasteiger partial charge in [-0.05, 0) is 23.8 Å². The molecule has 2 aromatic rings. The van der Waals surface area contributed by atoms with E-state index in [4.69, 9.17) is 4.74 Å². The number of methoxy groups -OCH3 is 1. The summed E-state index contributed by atoms with van der Waals surface area (Å²) in [6, 6.07) is 13.4. The SMILES string of the molecule is COCc1cccc(C(=O)[C@H](C#N)C(=O)Nc2ccccn2)c1. The lowest BCUT2D eigenvalue weighted by atomic mass is 9.97. The van der Waals surface area contributed by atoms with Crippen LogP contribution >= 0.6 is 0 Å². The van der Waals surface area contributed by atoms with Crippen LogP contribution in [0, 0.1) is 17.2 Å². The van der Waals surface area contributed by atoms with E-state index in [1.807, 2.05) is 0 Å². The van der Waals surface area contributed by atoms with Gasteiger partial charge in [0.2, 0.25) is 0 Å². The van der Waals surface area contributed by atoms with Crippen LogP contribution in [0.1, 0.15) is 15.9 Å². The summed E-state index contributed by atoms with van der Waals surface area (Å²) in [7, 11) is 1.55. The number of benzene rings is 1. The van der Waals surface area contributed by atoms with Crippen LogP contribution in [-0.4, -0.2) is 23.8 Å². The first-order valence-electron chi connectivity index (χ1n) is 6.89. The molecule has 1 heterocycles. The van der Waals surface area contributed by atoms with E-state index >= 15 is 0 Å². The molecule has 1 amide bonds. The number of carbonyl (C=O) groups excluding carboxylic acids is 2. The number of hydrogen-bond donors (Lipinski definition) is 1. The Kier molecular flexibility index (Phi) is 5.56. The minimum absolute atomic E-state index is 0.290. The van der Waals surface area contributed by atoms with E-state index < -0.39 is 17.6 Å². The third kappa shape index (κ3) is 4.22. The van der Waals surface area contributed by atoms with Gasteiger partial charge in [0.15, 0.2) is 11.7 Å². The molecule has 1 N–H and O–H groups in total. The number of carbonyl (C=O) groups is 2. The average Bonchev–Trinajstić information content (AvgIpc) is 2.57. The third-order valence-corrected chi connectivity index (χ3v) is 3.09. The first-order valence-corrected chi connectivity index (χ1v) is 6.89. The smallest absolute Gasteiger partial charge is 0.250 e. The molecule has 0 aliphatic heterocycles. The Bertz CT molecular complexity index is 738. The topological polar surface area (TPSA) is 92.1 Å². The third-order valence-electron chi connectivity index (χ3n) is 3.09.